The number of halogens is 1. The molecule has 1 aliphatic rings. The molecule has 1 aromatic carbocycles. The molecular formula is C24H39FN4O5. The Hall–Kier alpha value is -2.43. The number of carbonyl (C=O) groups is 2. The van der Waals surface area contributed by atoms with Gasteiger partial charge in [-0.3, -0.25) is 0 Å². The minimum atomic E-state index is -0.534. The Morgan fingerprint density at radius 2 is 2.09 bits per heavy atom. The molecule has 2 rings (SSSR count). The average molecular weight is 483 g/mol. The SMILES string of the molecule is CNC[C@H](CCCOC)NC(=O)N1CCC[C@@H](C(OCCNC(=O)OC)c2cccc(F)c2)C1. The summed E-state index contributed by atoms with van der Waals surface area (Å²) in [4.78, 5) is 26.2. The van der Waals surface area contributed by atoms with E-state index in [-0.39, 0.29) is 37.0 Å². The molecule has 0 bridgehead atoms. The molecule has 1 unspecified atom stereocenters. The van der Waals surface area contributed by atoms with Gasteiger partial charge in [0.1, 0.15) is 5.82 Å². The Morgan fingerprint density at radius 1 is 1.26 bits per heavy atom. The summed E-state index contributed by atoms with van der Waals surface area (Å²) in [6, 6.07) is 6.25. The van der Waals surface area contributed by atoms with Crippen LogP contribution in [0, 0.1) is 11.7 Å². The molecule has 1 heterocycles. The Balaban J connectivity index is 2.03. The van der Waals surface area contributed by atoms with Crippen LogP contribution in [0.2, 0.25) is 0 Å². The number of piperidine rings is 1. The van der Waals surface area contributed by atoms with E-state index in [1.807, 2.05) is 18.0 Å². The zero-order valence-corrected chi connectivity index (χ0v) is 20.5. The van der Waals surface area contributed by atoms with Gasteiger partial charge in [-0.15, -0.1) is 0 Å². The van der Waals surface area contributed by atoms with Crippen molar-refractivity contribution in [2.45, 2.75) is 37.8 Å². The number of likely N-dealkylation sites (tertiary alicyclic amines) is 1. The number of methoxy groups -OCH3 is 2. The molecular weight excluding hydrogens is 443 g/mol. The summed E-state index contributed by atoms with van der Waals surface area (Å²) in [5.74, 6) is -0.342. The van der Waals surface area contributed by atoms with Crippen LogP contribution in [-0.2, 0) is 14.2 Å². The minimum Gasteiger partial charge on any atom is -0.453 e. The number of likely N-dealkylation sites (N-methyl/N-ethyl adjacent to an activating group) is 1. The molecule has 1 aromatic rings. The van der Waals surface area contributed by atoms with Gasteiger partial charge in [0.15, 0.2) is 0 Å². The average Bonchev–Trinajstić information content (AvgIpc) is 2.84. The molecule has 3 N–H and O–H groups in total. The van der Waals surface area contributed by atoms with Crippen molar-refractivity contribution >= 4 is 12.1 Å². The van der Waals surface area contributed by atoms with Gasteiger partial charge in [-0.1, -0.05) is 12.1 Å². The molecule has 1 fully saturated rings. The second kappa shape index (κ2) is 15.5. The van der Waals surface area contributed by atoms with Gasteiger partial charge in [0, 0.05) is 51.9 Å². The first-order valence-electron chi connectivity index (χ1n) is 11.9. The highest BCUT2D eigenvalue weighted by Crippen LogP contribution is 2.33. The largest absolute Gasteiger partial charge is 0.453 e. The molecule has 0 aliphatic carbocycles. The van der Waals surface area contributed by atoms with Crippen LogP contribution in [0.1, 0.15) is 37.4 Å². The van der Waals surface area contributed by atoms with E-state index < -0.39 is 12.2 Å². The third kappa shape index (κ3) is 9.44. The van der Waals surface area contributed by atoms with E-state index in [9.17, 15) is 14.0 Å². The number of hydrogen-bond acceptors (Lipinski definition) is 6. The van der Waals surface area contributed by atoms with Gasteiger partial charge in [-0.05, 0) is 50.4 Å². The summed E-state index contributed by atoms with van der Waals surface area (Å²) in [7, 11) is 4.83. The molecule has 0 aromatic heterocycles. The zero-order chi connectivity index (χ0) is 24.8. The number of nitrogens with one attached hydrogen (secondary N) is 3. The molecule has 10 heteroatoms. The van der Waals surface area contributed by atoms with Crippen LogP contribution < -0.4 is 16.0 Å². The lowest BCUT2D eigenvalue weighted by molar-refractivity contribution is -0.00878. The number of rotatable bonds is 13. The van der Waals surface area contributed by atoms with E-state index in [1.54, 1.807) is 13.2 Å². The van der Waals surface area contributed by atoms with Crippen molar-refractivity contribution in [2.75, 3.05) is 60.7 Å². The quantitative estimate of drug-likeness (QED) is 0.374. The van der Waals surface area contributed by atoms with Crippen LogP contribution in [0.3, 0.4) is 0 Å². The van der Waals surface area contributed by atoms with Gasteiger partial charge in [0.25, 0.3) is 0 Å². The van der Waals surface area contributed by atoms with E-state index >= 15 is 0 Å². The fourth-order valence-corrected chi connectivity index (χ4v) is 4.25. The number of ether oxygens (including phenoxy) is 3. The zero-order valence-electron chi connectivity index (χ0n) is 20.5. The van der Waals surface area contributed by atoms with Gasteiger partial charge in [0.05, 0.1) is 19.8 Å². The highest BCUT2D eigenvalue weighted by atomic mass is 19.1. The highest BCUT2D eigenvalue weighted by molar-refractivity contribution is 5.74. The van der Waals surface area contributed by atoms with E-state index in [4.69, 9.17) is 9.47 Å². The fraction of sp³-hybridized carbons (Fsp3) is 0.667. The highest BCUT2D eigenvalue weighted by Gasteiger charge is 2.32. The monoisotopic (exact) mass is 482 g/mol. The van der Waals surface area contributed by atoms with Crippen LogP contribution in [0.25, 0.3) is 0 Å². The minimum absolute atomic E-state index is 0.00401. The first kappa shape index (κ1) is 27.8. The van der Waals surface area contributed by atoms with Crippen molar-refractivity contribution in [3.63, 3.8) is 0 Å². The van der Waals surface area contributed by atoms with Crippen molar-refractivity contribution in [3.05, 3.63) is 35.6 Å². The predicted molar refractivity (Wildman–Crippen MR) is 127 cm³/mol. The maximum Gasteiger partial charge on any atom is 0.406 e. The van der Waals surface area contributed by atoms with Crippen LogP contribution in [0.15, 0.2) is 24.3 Å². The van der Waals surface area contributed by atoms with Gasteiger partial charge < -0.3 is 35.1 Å². The van der Waals surface area contributed by atoms with Crippen molar-refractivity contribution in [3.8, 4) is 0 Å². The van der Waals surface area contributed by atoms with Crippen LogP contribution in [-0.4, -0.2) is 83.7 Å². The van der Waals surface area contributed by atoms with E-state index in [1.165, 1.54) is 19.2 Å². The van der Waals surface area contributed by atoms with Crippen LogP contribution in [0.4, 0.5) is 14.0 Å². The van der Waals surface area contributed by atoms with Gasteiger partial charge in [-0.25, -0.2) is 14.0 Å². The van der Waals surface area contributed by atoms with E-state index in [0.29, 0.717) is 26.2 Å². The van der Waals surface area contributed by atoms with Crippen molar-refractivity contribution in [2.24, 2.45) is 5.92 Å². The van der Waals surface area contributed by atoms with Gasteiger partial charge >= 0.3 is 12.1 Å². The molecule has 3 amide bonds. The summed E-state index contributed by atoms with van der Waals surface area (Å²) in [5.41, 5.74) is 0.720. The number of alkyl carbamates (subject to hydrolysis) is 1. The third-order valence-corrected chi connectivity index (χ3v) is 5.88. The summed E-state index contributed by atoms with van der Waals surface area (Å²) in [5, 5.41) is 8.85. The van der Waals surface area contributed by atoms with Gasteiger partial charge in [-0.2, -0.15) is 0 Å². The number of hydrogen-bond donors (Lipinski definition) is 3. The summed E-state index contributed by atoms with van der Waals surface area (Å²) >= 11 is 0. The first-order chi connectivity index (χ1) is 16.5. The lowest BCUT2D eigenvalue weighted by Crippen LogP contribution is -2.51. The summed E-state index contributed by atoms with van der Waals surface area (Å²) in [6.07, 6.45) is 2.42. The molecule has 1 saturated heterocycles. The molecule has 34 heavy (non-hydrogen) atoms. The van der Waals surface area contributed by atoms with Crippen molar-refractivity contribution in [1.82, 2.24) is 20.9 Å². The standard InChI is InChI=1S/C24H39FN4O5/c1-26-16-21(10-6-13-32-2)28-23(30)29-12-5-8-19(17-29)22(18-7-4-9-20(25)15-18)34-14-11-27-24(31)33-3/h4,7,9,15,19,21-22,26H,5-6,8,10-14,16-17H2,1-3H3,(H,27,31)(H,28,30)/t19-,21+,22?/m1/s1. The van der Waals surface area contributed by atoms with E-state index in [0.717, 1.165) is 31.2 Å². The van der Waals surface area contributed by atoms with Crippen molar-refractivity contribution in [1.29, 1.82) is 0 Å². The second-order valence-electron chi connectivity index (χ2n) is 8.45. The Morgan fingerprint density at radius 3 is 2.79 bits per heavy atom. The normalized spacial score (nSPS) is 17.6. The summed E-state index contributed by atoms with van der Waals surface area (Å²) in [6.45, 7) is 2.99. The molecule has 0 spiro atoms. The number of benzene rings is 1. The number of urea groups is 1. The Kier molecular flexibility index (Phi) is 12.7. The topological polar surface area (TPSA) is 101 Å². The maximum absolute atomic E-state index is 14.0. The smallest absolute Gasteiger partial charge is 0.406 e. The molecule has 0 radical (unpaired) electrons. The van der Waals surface area contributed by atoms with Crippen molar-refractivity contribution < 1.29 is 28.2 Å². The van der Waals surface area contributed by atoms with Crippen LogP contribution in [0.5, 0.6) is 0 Å². The maximum atomic E-state index is 14.0. The number of nitrogens with zero attached hydrogens (tertiary/aromatic N) is 1. The lowest BCUT2D eigenvalue weighted by Gasteiger charge is -2.37. The van der Waals surface area contributed by atoms with E-state index in [2.05, 4.69) is 20.7 Å². The summed E-state index contributed by atoms with van der Waals surface area (Å²) < 4.78 is 29.8. The molecule has 3 atom stereocenters. The molecule has 1 aliphatic heterocycles. The lowest BCUT2D eigenvalue weighted by atomic mass is 9.88. The Bertz CT molecular complexity index is 754. The first-order valence-corrected chi connectivity index (χ1v) is 11.9. The van der Waals surface area contributed by atoms with Gasteiger partial charge in [0.2, 0.25) is 0 Å². The predicted octanol–water partition coefficient (Wildman–Crippen LogP) is 2.68. The second-order valence-corrected chi connectivity index (χ2v) is 8.45. The number of carbonyl (C=O) groups excluding carboxylic acids is 2. The number of amides is 3. The molecule has 0 saturated carbocycles. The molecule has 9 nitrogen and oxygen atoms in total. The molecule has 192 valence electrons. The fourth-order valence-electron chi connectivity index (χ4n) is 4.25. The Labute approximate surface area is 201 Å². The third-order valence-electron chi connectivity index (χ3n) is 5.88. The van der Waals surface area contributed by atoms with Crippen LogP contribution >= 0.6 is 0 Å².